The van der Waals surface area contributed by atoms with Crippen LogP contribution in [0.4, 0.5) is 0 Å². The Hall–Kier alpha value is -3.34. The first-order valence-corrected chi connectivity index (χ1v) is 12.0. The van der Waals surface area contributed by atoms with Crippen molar-refractivity contribution in [3.8, 4) is 5.69 Å². The molecule has 0 fully saturated rings. The van der Waals surface area contributed by atoms with Gasteiger partial charge in [0.2, 0.25) is 0 Å². The van der Waals surface area contributed by atoms with Crippen molar-refractivity contribution in [1.29, 1.82) is 0 Å². The zero-order valence-electron chi connectivity index (χ0n) is 19.1. The lowest BCUT2D eigenvalue weighted by Crippen LogP contribution is -2.05. The molecular formula is C29H24ClN3S. The number of benzene rings is 4. The minimum absolute atomic E-state index is 0.513. The van der Waals surface area contributed by atoms with Crippen LogP contribution in [0.1, 0.15) is 22.3 Å². The van der Waals surface area contributed by atoms with E-state index in [1.807, 2.05) is 30.7 Å². The number of aliphatic imine (C=N–C) groups is 1. The highest BCUT2D eigenvalue weighted by atomic mass is 35.5. The lowest BCUT2D eigenvalue weighted by Gasteiger charge is -2.07. The maximum atomic E-state index is 6.13. The molecule has 0 amide bonds. The lowest BCUT2D eigenvalue weighted by molar-refractivity contribution is 1.09. The fraction of sp³-hybridized carbons (Fsp3) is 0.138. The fourth-order valence-corrected chi connectivity index (χ4v) is 4.60. The Balaban J connectivity index is 1.34. The number of thiocarbonyl (C=S) groups is 1. The van der Waals surface area contributed by atoms with Crippen LogP contribution in [0.3, 0.4) is 0 Å². The molecule has 0 saturated heterocycles. The number of fused-ring (bicyclic) bond motifs is 3. The first-order chi connectivity index (χ1) is 16.5. The average Bonchev–Trinajstić information content (AvgIpc) is 3.26. The first kappa shape index (κ1) is 22.5. The fourth-order valence-electron chi connectivity index (χ4n) is 4.17. The molecule has 34 heavy (non-hydrogen) atoms. The highest BCUT2D eigenvalue weighted by Crippen LogP contribution is 2.27. The van der Waals surface area contributed by atoms with Crippen LogP contribution in [-0.4, -0.2) is 27.2 Å². The summed E-state index contributed by atoms with van der Waals surface area (Å²) in [5.41, 5.74) is 7.85. The summed E-state index contributed by atoms with van der Waals surface area (Å²) >= 11 is 11.7. The van der Waals surface area contributed by atoms with Crippen molar-refractivity contribution in [3.05, 3.63) is 106 Å². The average molecular weight is 482 g/mol. The number of rotatable bonds is 6. The smallest absolute Gasteiger partial charge is 0.100 e. The molecule has 3 nitrogen and oxygen atoms in total. The van der Waals surface area contributed by atoms with E-state index < -0.39 is 0 Å². The Kier molecular flexibility index (Phi) is 6.27. The van der Waals surface area contributed by atoms with Gasteiger partial charge in [0.05, 0.1) is 17.6 Å². The molecule has 5 rings (SSSR count). The molecule has 5 heteroatoms. The Labute approximate surface area is 209 Å². The molecule has 0 aliphatic heterocycles. The van der Waals surface area contributed by atoms with Gasteiger partial charge in [-0.15, -0.1) is 0 Å². The molecule has 0 saturated carbocycles. The molecule has 0 aliphatic rings. The van der Waals surface area contributed by atoms with E-state index in [4.69, 9.17) is 28.8 Å². The van der Waals surface area contributed by atoms with Crippen LogP contribution in [0, 0.1) is 13.8 Å². The summed E-state index contributed by atoms with van der Waals surface area (Å²) in [6, 6.07) is 25.0. The van der Waals surface area contributed by atoms with Gasteiger partial charge in [-0.3, -0.25) is 9.56 Å². The van der Waals surface area contributed by atoms with Gasteiger partial charge in [-0.2, -0.15) is 0 Å². The Morgan fingerprint density at radius 1 is 1.00 bits per heavy atom. The summed E-state index contributed by atoms with van der Waals surface area (Å²) in [6.45, 7) is 4.69. The van der Waals surface area contributed by atoms with E-state index in [-0.39, 0.29) is 0 Å². The molecule has 1 aromatic heterocycles. The van der Waals surface area contributed by atoms with E-state index in [9.17, 15) is 0 Å². The van der Waals surface area contributed by atoms with E-state index in [0.717, 1.165) is 48.5 Å². The summed E-state index contributed by atoms with van der Waals surface area (Å²) in [5, 5.41) is 3.01. The normalized spacial score (nSPS) is 11.6. The minimum atomic E-state index is 0.513. The second-order valence-corrected chi connectivity index (χ2v) is 9.63. The largest absolute Gasteiger partial charge is 0.299 e. The van der Waals surface area contributed by atoms with Crippen molar-refractivity contribution in [2.75, 3.05) is 6.54 Å². The lowest BCUT2D eigenvalue weighted by atomic mass is 10.0. The van der Waals surface area contributed by atoms with Gasteiger partial charge in [-0.05, 0) is 72.3 Å². The van der Waals surface area contributed by atoms with E-state index >= 15 is 0 Å². The van der Waals surface area contributed by atoms with Crippen LogP contribution >= 0.6 is 23.8 Å². The van der Waals surface area contributed by atoms with Gasteiger partial charge in [0.1, 0.15) is 6.33 Å². The van der Waals surface area contributed by atoms with Crippen molar-refractivity contribution >= 4 is 56.7 Å². The van der Waals surface area contributed by atoms with Gasteiger partial charge in [-0.1, -0.05) is 65.8 Å². The molecule has 0 bridgehead atoms. The molecule has 0 unspecified atom stereocenters. The standard InChI is InChI=1S/C29H24ClN3S/c1-19-3-9-25(10-4-19)33-18-32-29-27-11-6-21(13-22(27)7-12-28(29)33)16-31-17-26(34)15-23-14-24(30)8-5-20(23)2/h3-14,16,18H,15,17H2,1-2H3. The quantitative estimate of drug-likeness (QED) is 0.186. The van der Waals surface area contributed by atoms with Gasteiger partial charge >= 0.3 is 0 Å². The van der Waals surface area contributed by atoms with Gasteiger partial charge < -0.3 is 0 Å². The molecule has 0 radical (unpaired) electrons. The third-order valence-electron chi connectivity index (χ3n) is 6.07. The molecule has 168 valence electrons. The van der Waals surface area contributed by atoms with Crippen molar-refractivity contribution in [3.63, 3.8) is 0 Å². The van der Waals surface area contributed by atoms with Crippen LogP contribution in [0.2, 0.25) is 5.02 Å². The Bertz CT molecular complexity index is 1550. The Morgan fingerprint density at radius 2 is 1.82 bits per heavy atom. The summed E-state index contributed by atoms with van der Waals surface area (Å²) in [5.74, 6) is 0. The van der Waals surface area contributed by atoms with Crippen LogP contribution < -0.4 is 0 Å². The van der Waals surface area contributed by atoms with Crippen molar-refractivity contribution in [2.24, 2.45) is 4.99 Å². The maximum Gasteiger partial charge on any atom is 0.100 e. The summed E-state index contributed by atoms with van der Waals surface area (Å²) in [7, 11) is 0. The second kappa shape index (κ2) is 9.49. The minimum Gasteiger partial charge on any atom is -0.299 e. The van der Waals surface area contributed by atoms with E-state index in [2.05, 4.69) is 78.0 Å². The maximum absolute atomic E-state index is 6.13. The predicted molar refractivity (Wildman–Crippen MR) is 148 cm³/mol. The zero-order valence-corrected chi connectivity index (χ0v) is 20.7. The van der Waals surface area contributed by atoms with Crippen LogP contribution in [0.15, 0.2) is 84.1 Å². The van der Waals surface area contributed by atoms with Gasteiger partial charge in [-0.25, -0.2) is 4.98 Å². The van der Waals surface area contributed by atoms with Gasteiger partial charge in [0.25, 0.3) is 0 Å². The molecule has 0 N–H and O–H groups in total. The summed E-state index contributed by atoms with van der Waals surface area (Å²) in [6.07, 6.45) is 4.50. The monoisotopic (exact) mass is 481 g/mol. The molecule has 1 heterocycles. The molecule has 4 aromatic carbocycles. The zero-order chi connectivity index (χ0) is 23.7. The van der Waals surface area contributed by atoms with Crippen molar-refractivity contribution < 1.29 is 0 Å². The van der Waals surface area contributed by atoms with E-state index in [0.29, 0.717) is 13.0 Å². The predicted octanol–water partition coefficient (Wildman–Crippen LogP) is 7.48. The SMILES string of the molecule is Cc1ccc(-n2cnc3c4ccc(C=NCC(=S)Cc5cc(Cl)ccc5C)cc4ccc32)cc1. The van der Waals surface area contributed by atoms with Crippen LogP contribution in [-0.2, 0) is 6.42 Å². The van der Waals surface area contributed by atoms with Crippen LogP contribution in [0.5, 0.6) is 0 Å². The third kappa shape index (κ3) is 4.65. The first-order valence-electron chi connectivity index (χ1n) is 11.2. The van der Waals surface area contributed by atoms with E-state index in [1.165, 1.54) is 11.1 Å². The highest BCUT2D eigenvalue weighted by molar-refractivity contribution is 7.80. The number of halogens is 1. The molecular weight excluding hydrogens is 458 g/mol. The highest BCUT2D eigenvalue weighted by Gasteiger charge is 2.09. The molecule has 0 atom stereocenters. The van der Waals surface area contributed by atoms with Crippen LogP contribution in [0.25, 0.3) is 27.5 Å². The van der Waals surface area contributed by atoms with Crippen molar-refractivity contribution in [2.45, 2.75) is 20.3 Å². The number of hydrogen-bond acceptors (Lipinski definition) is 3. The summed E-state index contributed by atoms with van der Waals surface area (Å²) in [4.78, 5) is 10.2. The number of aryl methyl sites for hydroxylation is 2. The molecule has 0 spiro atoms. The second-order valence-electron chi connectivity index (χ2n) is 8.62. The van der Waals surface area contributed by atoms with Gasteiger partial charge in [0.15, 0.2) is 0 Å². The molecule has 0 aliphatic carbocycles. The topological polar surface area (TPSA) is 30.2 Å². The van der Waals surface area contributed by atoms with Gasteiger partial charge in [0, 0.05) is 33.6 Å². The van der Waals surface area contributed by atoms with E-state index in [1.54, 1.807) is 0 Å². The summed E-state index contributed by atoms with van der Waals surface area (Å²) < 4.78 is 2.13. The molecule has 5 aromatic rings. The number of aromatic nitrogens is 2. The Morgan fingerprint density at radius 3 is 2.65 bits per heavy atom. The third-order valence-corrected chi connectivity index (χ3v) is 6.58. The number of hydrogen-bond donors (Lipinski definition) is 0. The number of imidazole rings is 1. The number of nitrogens with zero attached hydrogens (tertiary/aromatic N) is 3. The van der Waals surface area contributed by atoms with Crippen molar-refractivity contribution in [1.82, 2.24) is 9.55 Å².